The van der Waals surface area contributed by atoms with E-state index in [1.165, 1.54) is 44.2 Å². The molecule has 0 aromatic carbocycles. The first-order valence-electron chi connectivity index (χ1n) is 5.16. The minimum absolute atomic E-state index is 1.17. The van der Waals surface area contributed by atoms with Gasteiger partial charge in [-0.25, -0.2) is 0 Å². The molecule has 0 saturated carbocycles. The maximum absolute atomic E-state index is 3.71. The second-order valence-corrected chi connectivity index (χ2v) is 3.44. The summed E-state index contributed by atoms with van der Waals surface area (Å²) in [6.07, 6.45) is 11.6. The number of aromatic amines is 1. The SMILES string of the molecule is C=CCCCCCCc1ccc[nH]1. The van der Waals surface area contributed by atoms with E-state index in [1.807, 2.05) is 12.3 Å². The molecule has 0 unspecified atom stereocenters. The van der Waals surface area contributed by atoms with E-state index in [0.717, 1.165) is 0 Å². The summed E-state index contributed by atoms with van der Waals surface area (Å²) in [6.45, 7) is 3.71. The lowest BCUT2D eigenvalue weighted by Crippen LogP contribution is -1.85. The Morgan fingerprint density at radius 1 is 1.23 bits per heavy atom. The molecule has 72 valence electrons. The molecule has 1 aromatic rings. The van der Waals surface area contributed by atoms with E-state index in [-0.39, 0.29) is 0 Å². The summed E-state index contributed by atoms with van der Waals surface area (Å²) in [5.41, 5.74) is 1.36. The highest BCUT2D eigenvalue weighted by molar-refractivity contribution is 5.03. The lowest BCUT2D eigenvalue weighted by molar-refractivity contribution is 0.642. The van der Waals surface area contributed by atoms with Crippen molar-refractivity contribution >= 4 is 0 Å². The van der Waals surface area contributed by atoms with Crippen molar-refractivity contribution in [3.63, 3.8) is 0 Å². The standard InChI is InChI=1S/C12H19N/c1-2-3-4-5-6-7-9-12-10-8-11-13-12/h2,8,10-11,13H,1,3-7,9H2. The molecule has 1 aromatic heterocycles. The van der Waals surface area contributed by atoms with E-state index in [2.05, 4.69) is 23.7 Å². The van der Waals surface area contributed by atoms with Crippen LogP contribution in [0.1, 0.15) is 37.8 Å². The van der Waals surface area contributed by atoms with Crippen LogP contribution in [-0.4, -0.2) is 4.98 Å². The van der Waals surface area contributed by atoms with Gasteiger partial charge in [-0.15, -0.1) is 6.58 Å². The van der Waals surface area contributed by atoms with Gasteiger partial charge in [0, 0.05) is 11.9 Å². The van der Waals surface area contributed by atoms with Crippen LogP contribution in [-0.2, 0) is 6.42 Å². The van der Waals surface area contributed by atoms with Gasteiger partial charge in [0.25, 0.3) is 0 Å². The van der Waals surface area contributed by atoms with Gasteiger partial charge in [0.15, 0.2) is 0 Å². The molecule has 0 aliphatic rings. The Balaban J connectivity index is 1.93. The molecule has 0 aliphatic carbocycles. The highest BCUT2D eigenvalue weighted by atomic mass is 14.7. The Hall–Kier alpha value is -0.980. The predicted octanol–water partition coefficient (Wildman–Crippen LogP) is 3.69. The summed E-state index contributed by atoms with van der Waals surface area (Å²) in [5.74, 6) is 0. The second-order valence-electron chi connectivity index (χ2n) is 3.44. The summed E-state index contributed by atoms with van der Waals surface area (Å²) in [6, 6.07) is 4.22. The van der Waals surface area contributed by atoms with E-state index in [9.17, 15) is 0 Å². The number of aryl methyl sites for hydroxylation is 1. The van der Waals surface area contributed by atoms with Crippen LogP contribution in [0.2, 0.25) is 0 Å². The van der Waals surface area contributed by atoms with Gasteiger partial charge in [-0.2, -0.15) is 0 Å². The van der Waals surface area contributed by atoms with Crippen molar-refractivity contribution in [2.75, 3.05) is 0 Å². The average molecular weight is 177 g/mol. The molecule has 1 heteroatoms. The first-order chi connectivity index (χ1) is 6.43. The number of nitrogens with one attached hydrogen (secondary N) is 1. The van der Waals surface area contributed by atoms with E-state index in [0.29, 0.717) is 0 Å². The van der Waals surface area contributed by atoms with Crippen LogP contribution in [0, 0.1) is 0 Å². The molecule has 0 amide bonds. The fourth-order valence-electron chi connectivity index (χ4n) is 1.48. The van der Waals surface area contributed by atoms with Crippen LogP contribution in [0.4, 0.5) is 0 Å². The van der Waals surface area contributed by atoms with Crippen molar-refractivity contribution in [3.8, 4) is 0 Å². The third kappa shape index (κ3) is 4.56. The summed E-state index contributed by atoms with van der Waals surface area (Å²) in [7, 11) is 0. The van der Waals surface area contributed by atoms with Crippen LogP contribution in [0.15, 0.2) is 31.0 Å². The maximum atomic E-state index is 3.71. The van der Waals surface area contributed by atoms with Gasteiger partial charge in [-0.1, -0.05) is 18.9 Å². The van der Waals surface area contributed by atoms with Gasteiger partial charge in [-0.3, -0.25) is 0 Å². The number of hydrogen-bond donors (Lipinski definition) is 1. The number of H-pyrrole nitrogens is 1. The van der Waals surface area contributed by atoms with E-state index in [4.69, 9.17) is 0 Å². The van der Waals surface area contributed by atoms with E-state index >= 15 is 0 Å². The zero-order chi connectivity index (χ0) is 9.36. The second kappa shape index (κ2) is 6.53. The largest absolute Gasteiger partial charge is 0.365 e. The minimum Gasteiger partial charge on any atom is -0.365 e. The third-order valence-corrected chi connectivity index (χ3v) is 2.27. The number of allylic oxidation sites excluding steroid dienone is 1. The number of aromatic nitrogens is 1. The molecule has 0 spiro atoms. The molecule has 0 fully saturated rings. The van der Waals surface area contributed by atoms with Gasteiger partial charge >= 0.3 is 0 Å². The van der Waals surface area contributed by atoms with Crippen LogP contribution < -0.4 is 0 Å². The van der Waals surface area contributed by atoms with Crippen molar-refractivity contribution in [1.82, 2.24) is 4.98 Å². The smallest absolute Gasteiger partial charge is 0.0147 e. The van der Waals surface area contributed by atoms with Gasteiger partial charge in [0.05, 0.1) is 0 Å². The Bertz CT molecular complexity index is 211. The predicted molar refractivity (Wildman–Crippen MR) is 57.8 cm³/mol. The highest BCUT2D eigenvalue weighted by Crippen LogP contribution is 2.07. The van der Waals surface area contributed by atoms with Gasteiger partial charge in [0.2, 0.25) is 0 Å². The molecule has 0 atom stereocenters. The summed E-state index contributed by atoms with van der Waals surface area (Å²) in [5, 5.41) is 0. The summed E-state index contributed by atoms with van der Waals surface area (Å²) >= 11 is 0. The molecular formula is C12H19N. The lowest BCUT2D eigenvalue weighted by atomic mass is 10.1. The normalized spacial score (nSPS) is 10.2. The van der Waals surface area contributed by atoms with Crippen molar-refractivity contribution in [2.24, 2.45) is 0 Å². The molecule has 0 saturated heterocycles. The van der Waals surface area contributed by atoms with Crippen molar-refractivity contribution in [1.29, 1.82) is 0 Å². The number of unbranched alkanes of at least 4 members (excludes halogenated alkanes) is 4. The first kappa shape index (κ1) is 10.1. The van der Waals surface area contributed by atoms with E-state index in [1.54, 1.807) is 0 Å². The fraction of sp³-hybridized carbons (Fsp3) is 0.500. The number of rotatable bonds is 7. The van der Waals surface area contributed by atoms with Gasteiger partial charge < -0.3 is 4.98 Å². The van der Waals surface area contributed by atoms with E-state index < -0.39 is 0 Å². The number of hydrogen-bond acceptors (Lipinski definition) is 0. The third-order valence-electron chi connectivity index (χ3n) is 2.27. The van der Waals surface area contributed by atoms with Crippen molar-refractivity contribution in [2.45, 2.75) is 38.5 Å². The lowest BCUT2D eigenvalue weighted by Gasteiger charge is -1.98. The Morgan fingerprint density at radius 3 is 2.77 bits per heavy atom. The topological polar surface area (TPSA) is 15.8 Å². The van der Waals surface area contributed by atoms with Crippen LogP contribution in [0.5, 0.6) is 0 Å². The minimum atomic E-state index is 1.17. The van der Waals surface area contributed by atoms with Crippen molar-refractivity contribution < 1.29 is 0 Å². The molecule has 13 heavy (non-hydrogen) atoms. The Labute approximate surface area is 80.9 Å². The van der Waals surface area contributed by atoms with Crippen molar-refractivity contribution in [3.05, 3.63) is 36.7 Å². The fourth-order valence-corrected chi connectivity index (χ4v) is 1.48. The summed E-state index contributed by atoms with van der Waals surface area (Å²) in [4.78, 5) is 3.22. The highest BCUT2D eigenvalue weighted by Gasteiger charge is 1.92. The molecular weight excluding hydrogens is 158 g/mol. The maximum Gasteiger partial charge on any atom is 0.0147 e. The first-order valence-corrected chi connectivity index (χ1v) is 5.16. The van der Waals surface area contributed by atoms with Crippen LogP contribution in [0.3, 0.4) is 0 Å². The Kier molecular flexibility index (Phi) is 5.07. The van der Waals surface area contributed by atoms with Gasteiger partial charge in [0.1, 0.15) is 0 Å². The monoisotopic (exact) mass is 177 g/mol. The molecule has 1 heterocycles. The molecule has 1 rings (SSSR count). The molecule has 0 bridgehead atoms. The zero-order valence-electron chi connectivity index (χ0n) is 8.26. The molecule has 0 aliphatic heterocycles. The molecule has 1 nitrogen and oxygen atoms in total. The summed E-state index contributed by atoms with van der Waals surface area (Å²) < 4.78 is 0. The molecule has 1 N–H and O–H groups in total. The van der Waals surface area contributed by atoms with Crippen LogP contribution in [0.25, 0.3) is 0 Å². The zero-order valence-corrected chi connectivity index (χ0v) is 8.26. The quantitative estimate of drug-likeness (QED) is 0.483. The average Bonchev–Trinajstić information content (AvgIpc) is 2.63. The Morgan fingerprint density at radius 2 is 2.08 bits per heavy atom. The van der Waals surface area contributed by atoms with Crippen LogP contribution >= 0.6 is 0 Å². The molecule has 0 radical (unpaired) electrons. The van der Waals surface area contributed by atoms with Gasteiger partial charge in [-0.05, 0) is 37.8 Å².